The highest BCUT2D eigenvalue weighted by Crippen LogP contribution is 2.26. The molecule has 0 aliphatic carbocycles. The van der Waals surface area contributed by atoms with Gasteiger partial charge in [-0.15, -0.1) is 0 Å². The number of hydrogen-bond donors (Lipinski definition) is 3. The number of ether oxygens (including phenoxy) is 2. The third kappa shape index (κ3) is 9.06. The minimum Gasteiger partial charge on any atom is -0.494 e. The Hall–Kier alpha value is -5.37. The molecule has 0 aliphatic heterocycles. The third-order valence-electron chi connectivity index (χ3n) is 6.70. The van der Waals surface area contributed by atoms with Gasteiger partial charge in [-0.2, -0.15) is 0 Å². The van der Waals surface area contributed by atoms with E-state index in [2.05, 4.69) is 0 Å². The molecule has 0 spiro atoms. The van der Waals surface area contributed by atoms with Crippen molar-refractivity contribution >= 4 is 35.2 Å². The highest BCUT2D eigenvalue weighted by molar-refractivity contribution is 6.07. The Balaban J connectivity index is 1.21. The summed E-state index contributed by atoms with van der Waals surface area (Å²) in [7, 11) is 0. The van der Waals surface area contributed by atoms with Crippen LogP contribution in [-0.4, -0.2) is 36.0 Å². The van der Waals surface area contributed by atoms with Crippen LogP contribution in [0.15, 0.2) is 97.1 Å². The minimum atomic E-state index is -1.07. The van der Waals surface area contributed by atoms with Crippen molar-refractivity contribution in [3.8, 4) is 16.9 Å². The molecule has 0 radical (unpaired) electrons. The second-order valence-electron chi connectivity index (χ2n) is 9.98. The van der Waals surface area contributed by atoms with Crippen LogP contribution in [0, 0.1) is 0 Å². The lowest BCUT2D eigenvalue weighted by atomic mass is 9.98. The summed E-state index contributed by atoms with van der Waals surface area (Å²) in [6.07, 6.45) is 6.34. The number of ketones is 1. The van der Waals surface area contributed by atoms with Crippen LogP contribution in [0.4, 0.5) is 11.4 Å². The van der Waals surface area contributed by atoms with Crippen LogP contribution in [0.1, 0.15) is 62.3 Å². The van der Waals surface area contributed by atoms with Gasteiger partial charge in [0.25, 0.3) is 0 Å². The summed E-state index contributed by atoms with van der Waals surface area (Å²) in [5, 5.41) is 9.77. The molecule has 8 heteroatoms. The number of nitrogen functional groups attached to an aromatic ring is 2. The molecule has 8 nitrogen and oxygen atoms in total. The van der Waals surface area contributed by atoms with Crippen molar-refractivity contribution in [1.82, 2.24) is 0 Å². The van der Waals surface area contributed by atoms with Gasteiger partial charge in [0.1, 0.15) is 5.75 Å². The highest BCUT2D eigenvalue weighted by Gasteiger charge is 2.12. The van der Waals surface area contributed by atoms with E-state index in [1.807, 2.05) is 36.4 Å². The Morgan fingerprint density at radius 1 is 0.698 bits per heavy atom. The summed E-state index contributed by atoms with van der Waals surface area (Å²) in [6.45, 7) is 0.871. The number of benzene rings is 4. The second kappa shape index (κ2) is 15.0. The van der Waals surface area contributed by atoms with Gasteiger partial charge in [-0.3, -0.25) is 4.79 Å². The molecule has 0 heterocycles. The Labute approximate surface area is 250 Å². The van der Waals surface area contributed by atoms with Crippen LogP contribution >= 0.6 is 0 Å². The molecule has 5 N–H and O–H groups in total. The lowest BCUT2D eigenvalue weighted by molar-refractivity contribution is 0.0497. The van der Waals surface area contributed by atoms with Gasteiger partial charge in [0, 0.05) is 16.9 Å². The average molecular weight is 579 g/mol. The number of carboxylic acid groups (broad SMARTS) is 1. The Morgan fingerprint density at radius 3 is 2.02 bits per heavy atom. The van der Waals surface area contributed by atoms with Crippen LogP contribution < -0.4 is 16.2 Å². The van der Waals surface area contributed by atoms with Crippen LogP contribution in [0.5, 0.6) is 5.75 Å². The number of hydrogen-bond acceptors (Lipinski definition) is 7. The van der Waals surface area contributed by atoms with E-state index in [1.165, 1.54) is 12.2 Å². The van der Waals surface area contributed by atoms with Crippen molar-refractivity contribution in [1.29, 1.82) is 0 Å². The fourth-order valence-corrected chi connectivity index (χ4v) is 4.46. The maximum absolute atomic E-state index is 12.4. The largest absolute Gasteiger partial charge is 0.494 e. The molecule has 4 aromatic rings. The zero-order chi connectivity index (χ0) is 30.6. The molecule has 220 valence electrons. The molecule has 0 atom stereocenters. The van der Waals surface area contributed by atoms with Crippen molar-refractivity contribution in [2.24, 2.45) is 0 Å². The van der Waals surface area contributed by atoms with Gasteiger partial charge in [-0.25, -0.2) is 9.59 Å². The molecule has 0 unspecified atom stereocenters. The van der Waals surface area contributed by atoms with Crippen molar-refractivity contribution in [2.45, 2.75) is 25.7 Å². The summed E-state index contributed by atoms with van der Waals surface area (Å²) in [4.78, 5) is 36.5. The topological polar surface area (TPSA) is 142 Å². The molecular weight excluding hydrogens is 544 g/mol. The zero-order valence-electron chi connectivity index (χ0n) is 23.7. The number of rotatable bonds is 14. The quantitative estimate of drug-likeness (QED) is 0.0482. The summed E-state index contributed by atoms with van der Waals surface area (Å²) in [6, 6.07) is 26.1. The maximum Gasteiger partial charge on any atom is 0.338 e. The molecule has 43 heavy (non-hydrogen) atoms. The lowest BCUT2D eigenvalue weighted by Crippen LogP contribution is -2.08. The normalized spacial score (nSPS) is 10.9. The van der Waals surface area contributed by atoms with Gasteiger partial charge in [-0.1, -0.05) is 60.7 Å². The van der Waals surface area contributed by atoms with E-state index in [9.17, 15) is 19.5 Å². The zero-order valence-corrected chi connectivity index (χ0v) is 23.7. The lowest BCUT2D eigenvalue weighted by Gasteiger charge is -2.09. The smallest absolute Gasteiger partial charge is 0.338 e. The molecule has 4 rings (SSSR count). The first-order valence-corrected chi connectivity index (χ1v) is 14.0. The van der Waals surface area contributed by atoms with E-state index in [1.54, 1.807) is 54.6 Å². The van der Waals surface area contributed by atoms with Gasteiger partial charge >= 0.3 is 11.9 Å². The summed E-state index contributed by atoms with van der Waals surface area (Å²) in [5.41, 5.74) is 15.3. The first kappa shape index (κ1) is 30.6. The number of carbonyl (C=O) groups is 3. The highest BCUT2D eigenvalue weighted by atomic mass is 16.5. The SMILES string of the molecule is Nc1cc(N)cc(C(=O)OCCCCCCOc2ccc(-c3ccc(C=CC(=O)c4ccccc4)c(C(=O)O)c3)cc2)c1. The number of aromatic carboxylic acids is 1. The first-order valence-electron chi connectivity index (χ1n) is 14.0. The fraction of sp³-hybridized carbons (Fsp3) is 0.171. The first-order chi connectivity index (χ1) is 20.8. The molecule has 4 aromatic carbocycles. The third-order valence-corrected chi connectivity index (χ3v) is 6.70. The second-order valence-corrected chi connectivity index (χ2v) is 9.98. The Morgan fingerprint density at radius 2 is 1.35 bits per heavy atom. The van der Waals surface area contributed by atoms with Crippen LogP contribution in [0.2, 0.25) is 0 Å². The molecule has 0 aromatic heterocycles. The fourth-order valence-electron chi connectivity index (χ4n) is 4.46. The number of allylic oxidation sites excluding steroid dienone is 1. The molecule has 0 fully saturated rings. The number of carbonyl (C=O) groups excluding carboxylic acids is 2. The van der Waals surface area contributed by atoms with Crippen molar-refractivity contribution in [3.05, 3.63) is 119 Å². The average Bonchev–Trinajstić information content (AvgIpc) is 3.01. The number of carboxylic acids is 1. The van der Waals surface area contributed by atoms with Gasteiger partial charge in [0.05, 0.1) is 24.3 Å². The van der Waals surface area contributed by atoms with Gasteiger partial charge in [0.15, 0.2) is 5.78 Å². The van der Waals surface area contributed by atoms with Crippen molar-refractivity contribution in [2.75, 3.05) is 24.7 Å². The molecule has 0 saturated heterocycles. The van der Waals surface area contributed by atoms with E-state index in [0.29, 0.717) is 41.3 Å². The summed E-state index contributed by atoms with van der Waals surface area (Å²) < 4.78 is 11.1. The number of nitrogens with two attached hydrogens (primary N) is 2. The van der Waals surface area contributed by atoms with E-state index in [-0.39, 0.29) is 11.3 Å². The van der Waals surface area contributed by atoms with E-state index >= 15 is 0 Å². The van der Waals surface area contributed by atoms with E-state index in [0.717, 1.165) is 42.6 Å². The van der Waals surface area contributed by atoms with Gasteiger partial charge < -0.3 is 26.0 Å². The number of anilines is 2. The van der Waals surface area contributed by atoms with Gasteiger partial charge in [-0.05, 0) is 84.8 Å². The minimum absolute atomic E-state index is 0.110. The summed E-state index contributed by atoms with van der Waals surface area (Å²) >= 11 is 0. The molecule has 0 amide bonds. The van der Waals surface area contributed by atoms with E-state index < -0.39 is 11.9 Å². The van der Waals surface area contributed by atoms with E-state index in [4.69, 9.17) is 20.9 Å². The predicted octanol–water partition coefficient (Wildman–Crippen LogP) is 6.91. The number of esters is 1. The Kier molecular flexibility index (Phi) is 10.7. The van der Waals surface area contributed by atoms with Crippen LogP contribution in [-0.2, 0) is 4.74 Å². The van der Waals surface area contributed by atoms with Crippen LogP contribution in [0.3, 0.4) is 0 Å². The molecule has 0 aliphatic rings. The maximum atomic E-state index is 12.4. The number of unbranched alkanes of at least 4 members (excludes halogenated alkanes) is 3. The predicted molar refractivity (Wildman–Crippen MR) is 168 cm³/mol. The van der Waals surface area contributed by atoms with Crippen molar-refractivity contribution < 1.29 is 29.0 Å². The Bertz CT molecular complexity index is 1580. The van der Waals surface area contributed by atoms with Gasteiger partial charge in [0.2, 0.25) is 0 Å². The molecule has 0 bridgehead atoms. The summed E-state index contributed by atoms with van der Waals surface area (Å²) in [5.74, 6) is -0.985. The monoisotopic (exact) mass is 578 g/mol. The van der Waals surface area contributed by atoms with Crippen molar-refractivity contribution in [3.63, 3.8) is 0 Å². The van der Waals surface area contributed by atoms with Crippen LogP contribution in [0.25, 0.3) is 17.2 Å². The standard InChI is InChI=1S/C35H34N2O6/c36-29-20-28(21-30(37)23-29)35(41)43-19-7-2-1-6-18-42-31-15-12-24(13-16-31)27-11-10-25(32(22-27)34(39)40)14-17-33(38)26-8-4-3-5-9-26/h3-5,8-17,20-23H,1-2,6-7,18-19,36-37H2,(H,39,40). The molecular formula is C35H34N2O6. The molecule has 0 saturated carbocycles.